The maximum Gasteiger partial charge on any atom is 0.251 e. The Kier molecular flexibility index (Phi) is 8.01. The predicted molar refractivity (Wildman–Crippen MR) is 101 cm³/mol. The zero-order chi connectivity index (χ0) is 18.1. The summed E-state index contributed by atoms with van der Waals surface area (Å²) in [5.41, 5.74) is 0.599. The van der Waals surface area contributed by atoms with Crippen molar-refractivity contribution in [1.29, 1.82) is 0 Å². The van der Waals surface area contributed by atoms with Crippen molar-refractivity contribution in [3.63, 3.8) is 0 Å². The van der Waals surface area contributed by atoms with Gasteiger partial charge in [-0.3, -0.25) is 9.79 Å². The highest BCUT2D eigenvalue weighted by molar-refractivity contribution is 6.30. The standard InChI is InChI=1S/C18H27ClN4O2/c1-3-20-18(23-11-8-14(12-23)13-25-2)22-10-9-21-17(24)15-4-6-16(19)7-5-15/h4-7,14H,3,8-13H2,1-2H3,(H,20,22)(H,21,24). The number of amides is 1. The van der Waals surface area contributed by atoms with Gasteiger partial charge in [-0.1, -0.05) is 11.6 Å². The van der Waals surface area contributed by atoms with E-state index in [-0.39, 0.29) is 5.91 Å². The lowest BCUT2D eigenvalue weighted by atomic mass is 10.1. The van der Waals surface area contributed by atoms with Crippen LogP contribution in [0.5, 0.6) is 0 Å². The molecule has 1 aliphatic heterocycles. The highest BCUT2D eigenvalue weighted by Crippen LogP contribution is 2.16. The van der Waals surface area contributed by atoms with E-state index < -0.39 is 0 Å². The predicted octanol–water partition coefficient (Wildman–Crippen LogP) is 2.00. The van der Waals surface area contributed by atoms with E-state index in [0.29, 0.717) is 29.6 Å². The number of rotatable bonds is 7. The first-order valence-electron chi connectivity index (χ1n) is 8.70. The van der Waals surface area contributed by atoms with Gasteiger partial charge in [-0.25, -0.2) is 0 Å². The van der Waals surface area contributed by atoms with Crippen molar-refractivity contribution >= 4 is 23.5 Å². The molecule has 1 aliphatic rings. The Morgan fingerprint density at radius 1 is 1.36 bits per heavy atom. The molecule has 1 atom stereocenters. The van der Waals surface area contributed by atoms with Crippen LogP contribution in [0, 0.1) is 5.92 Å². The Balaban J connectivity index is 1.81. The molecule has 6 nitrogen and oxygen atoms in total. The maximum absolute atomic E-state index is 12.1. The molecular formula is C18H27ClN4O2. The van der Waals surface area contributed by atoms with E-state index in [4.69, 9.17) is 16.3 Å². The van der Waals surface area contributed by atoms with Crippen LogP contribution in [0.2, 0.25) is 5.02 Å². The van der Waals surface area contributed by atoms with Crippen molar-refractivity contribution in [2.24, 2.45) is 10.9 Å². The van der Waals surface area contributed by atoms with Gasteiger partial charge in [-0.05, 0) is 37.6 Å². The molecule has 1 heterocycles. The first-order chi connectivity index (χ1) is 12.1. The highest BCUT2D eigenvalue weighted by Gasteiger charge is 2.24. The number of guanidine groups is 1. The summed E-state index contributed by atoms with van der Waals surface area (Å²) in [5, 5.41) is 6.82. The fourth-order valence-corrected chi connectivity index (χ4v) is 2.98. The number of methoxy groups -OCH3 is 1. The third-order valence-corrected chi connectivity index (χ3v) is 4.34. The molecule has 0 radical (unpaired) electrons. The molecule has 0 aliphatic carbocycles. The van der Waals surface area contributed by atoms with Gasteiger partial charge in [0.1, 0.15) is 0 Å². The number of nitrogens with zero attached hydrogens (tertiary/aromatic N) is 2. The molecule has 1 unspecified atom stereocenters. The van der Waals surface area contributed by atoms with Crippen molar-refractivity contribution in [3.05, 3.63) is 34.9 Å². The van der Waals surface area contributed by atoms with Crippen LogP contribution in [-0.2, 0) is 4.74 Å². The lowest BCUT2D eigenvalue weighted by Gasteiger charge is -2.21. The summed E-state index contributed by atoms with van der Waals surface area (Å²) >= 11 is 5.83. The molecule has 0 aromatic heterocycles. The van der Waals surface area contributed by atoms with Crippen molar-refractivity contribution in [1.82, 2.24) is 15.5 Å². The Morgan fingerprint density at radius 2 is 2.12 bits per heavy atom. The second-order valence-electron chi connectivity index (χ2n) is 6.05. The van der Waals surface area contributed by atoms with Crippen LogP contribution in [0.15, 0.2) is 29.3 Å². The summed E-state index contributed by atoms with van der Waals surface area (Å²) in [6.07, 6.45) is 1.12. The highest BCUT2D eigenvalue weighted by atomic mass is 35.5. The second kappa shape index (κ2) is 10.3. The average Bonchev–Trinajstić information content (AvgIpc) is 3.07. The van der Waals surface area contributed by atoms with Crippen LogP contribution in [0.1, 0.15) is 23.7 Å². The van der Waals surface area contributed by atoms with Crippen LogP contribution >= 0.6 is 11.6 Å². The second-order valence-corrected chi connectivity index (χ2v) is 6.49. The van der Waals surface area contributed by atoms with Crippen molar-refractivity contribution in [2.45, 2.75) is 13.3 Å². The van der Waals surface area contributed by atoms with Crippen molar-refractivity contribution in [3.8, 4) is 0 Å². The molecule has 1 fully saturated rings. The van der Waals surface area contributed by atoms with E-state index in [0.717, 1.165) is 38.6 Å². The number of halogens is 1. The summed E-state index contributed by atoms with van der Waals surface area (Å²) in [4.78, 5) is 18.9. The van der Waals surface area contributed by atoms with Crippen LogP contribution in [0.25, 0.3) is 0 Å². The number of ether oxygens (including phenoxy) is 1. The van der Waals surface area contributed by atoms with Crippen LogP contribution in [0.3, 0.4) is 0 Å². The average molecular weight is 367 g/mol. The van der Waals surface area contributed by atoms with Gasteiger partial charge in [0, 0.05) is 49.8 Å². The van der Waals surface area contributed by atoms with E-state index in [9.17, 15) is 4.79 Å². The van der Waals surface area contributed by atoms with Gasteiger partial charge >= 0.3 is 0 Å². The quantitative estimate of drug-likeness (QED) is 0.440. The molecule has 0 saturated carbocycles. The number of carbonyl (C=O) groups excluding carboxylic acids is 1. The molecule has 1 aromatic rings. The number of hydrogen-bond donors (Lipinski definition) is 2. The van der Waals surface area contributed by atoms with E-state index in [1.165, 1.54) is 0 Å². The fraction of sp³-hybridized carbons (Fsp3) is 0.556. The molecule has 2 N–H and O–H groups in total. The molecule has 2 rings (SSSR count). The molecule has 0 spiro atoms. The summed E-state index contributed by atoms with van der Waals surface area (Å²) < 4.78 is 5.25. The van der Waals surface area contributed by atoms with Gasteiger partial charge in [0.05, 0.1) is 13.2 Å². The number of likely N-dealkylation sites (tertiary alicyclic amines) is 1. The third-order valence-electron chi connectivity index (χ3n) is 4.09. The third kappa shape index (κ3) is 6.21. The normalized spacial score (nSPS) is 17.6. The van der Waals surface area contributed by atoms with Crippen LogP contribution in [0.4, 0.5) is 0 Å². The van der Waals surface area contributed by atoms with Crippen molar-refractivity contribution < 1.29 is 9.53 Å². The molecule has 7 heteroatoms. The summed E-state index contributed by atoms with van der Waals surface area (Å²) in [6, 6.07) is 6.85. The summed E-state index contributed by atoms with van der Waals surface area (Å²) in [5.74, 6) is 1.35. The molecule has 0 bridgehead atoms. The van der Waals surface area contributed by atoms with Crippen LogP contribution < -0.4 is 10.6 Å². The molecule has 1 aromatic carbocycles. The van der Waals surface area contributed by atoms with E-state index in [1.807, 2.05) is 0 Å². The van der Waals surface area contributed by atoms with Crippen LogP contribution in [-0.4, -0.2) is 63.2 Å². The fourth-order valence-electron chi connectivity index (χ4n) is 2.86. The zero-order valence-corrected chi connectivity index (χ0v) is 15.7. The molecule has 1 amide bonds. The minimum atomic E-state index is -0.113. The SMILES string of the molecule is CCNC(=NCCNC(=O)c1ccc(Cl)cc1)N1CCC(COC)C1. The lowest BCUT2D eigenvalue weighted by molar-refractivity contribution is 0.0955. The van der Waals surface area contributed by atoms with Gasteiger partial charge in [-0.2, -0.15) is 0 Å². The number of hydrogen-bond acceptors (Lipinski definition) is 3. The molecule has 1 saturated heterocycles. The monoisotopic (exact) mass is 366 g/mol. The minimum Gasteiger partial charge on any atom is -0.384 e. The first kappa shape index (κ1) is 19.5. The number of benzene rings is 1. The lowest BCUT2D eigenvalue weighted by Crippen LogP contribution is -2.40. The van der Waals surface area contributed by atoms with Gasteiger partial charge in [-0.15, -0.1) is 0 Å². The minimum absolute atomic E-state index is 0.113. The molecule has 138 valence electrons. The smallest absolute Gasteiger partial charge is 0.251 e. The zero-order valence-electron chi connectivity index (χ0n) is 14.9. The summed E-state index contributed by atoms with van der Waals surface area (Å²) in [6.45, 7) is 6.63. The topological polar surface area (TPSA) is 66.0 Å². The Labute approximate surface area is 154 Å². The Hall–Kier alpha value is -1.79. The van der Waals surface area contributed by atoms with E-state index in [1.54, 1.807) is 31.4 Å². The van der Waals surface area contributed by atoms with Gasteiger partial charge in [0.25, 0.3) is 5.91 Å². The van der Waals surface area contributed by atoms with E-state index in [2.05, 4.69) is 27.4 Å². The van der Waals surface area contributed by atoms with Gasteiger partial charge < -0.3 is 20.3 Å². The Bertz CT molecular complexity index is 577. The van der Waals surface area contributed by atoms with Gasteiger partial charge in [0.2, 0.25) is 0 Å². The van der Waals surface area contributed by atoms with E-state index >= 15 is 0 Å². The Morgan fingerprint density at radius 3 is 2.80 bits per heavy atom. The number of carbonyl (C=O) groups is 1. The number of nitrogens with one attached hydrogen (secondary N) is 2. The maximum atomic E-state index is 12.1. The van der Waals surface area contributed by atoms with Crippen molar-refractivity contribution in [2.75, 3.05) is 46.4 Å². The van der Waals surface area contributed by atoms with Gasteiger partial charge in [0.15, 0.2) is 5.96 Å². The summed E-state index contributed by atoms with van der Waals surface area (Å²) in [7, 11) is 1.74. The molecule has 25 heavy (non-hydrogen) atoms. The molecular weight excluding hydrogens is 340 g/mol. The first-order valence-corrected chi connectivity index (χ1v) is 9.07. The largest absolute Gasteiger partial charge is 0.384 e. The number of aliphatic imine (C=N–C) groups is 1.